The Kier molecular flexibility index (Phi) is 7.10. The van der Waals surface area contributed by atoms with Gasteiger partial charge in [-0.3, -0.25) is 9.79 Å². The number of carbonyl (C=O) groups excluding carboxylic acids is 1. The van der Waals surface area contributed by atoms with Crippen LogP contribution in [0.5, 0.6) is 0 Å². The van der Waals surface area contributed by atoms with Gasteiger partial charge >= 0.3 is 0 Å². The minimum Gasteiger partial charge on any atom is -0.385 e. The molecule has 144 valence electrons. The summed E-state index contributed by atoms with van der Waals surface area (Å²) < 4.78 is 19.9. The molecule has 1 aliphatic heterocycles. The molecule has 3 heterocycles. The molecule has 1 unspecified atom stereocenters. The third kappa shape index (κ3) is 4.73. The van der Waals surface area contributed by atoms with Gasteiger partial charge in [-0.05, 0) is 34.1 Å². The highest BCUT2D eigenvalue weighted by Gasteiger charge is 2.38. The molecule has 0 saturated heterocycles. The molecule has 0 radical (unpaired) electrons. The number of pyridine rings is 2. The van der Waals surface area contributed by atoms with Gasteiger partial charge in [0, 0.05) is 16.2 Å². The number of carbonyl (C=O) groups is 1. The van der Waals surface area contributed by atoms with Crippen LogP contribution in [-0.2, 0) is 10.3 Å². The summed E-state index contributed by atoms with van der Waals surface area (Å²) in [6.45, 7) is -0.781. The fourth-order valence-corrected chi connectivity index (χ4v) is 3.00. The van der Waals surface area contributed by atoms with Gasteiger partial charge in [-0.15, -0.1) is 12.4 Å². The molecule has 0 aromatic carbocycles. The number of hydrogen-bond donors (Lipinski definition) is 2. The zero-order valence-electron chi connectivity index (χ0n) is 13.8. The van der Waals surface area contributed by atoms with E-state index in [-0.39, 0.29) is 47.9 Å². The zero-order chi connectivity index (χ0) is 18.7. The highest BCUT2D eigenvalue weighted by atomic mass is 79.9. The average molecular weight is 479 g/mol. The van der Waals surface area contributed by atoms with Crippen molar-refractivity contribution in [2.45, 2.75) is 5.54 Å². The molecule has 0 fully saturated rings. The van der Waals surface area contributed by atoms with Crippen LogP contribution in [0.25, 0.3) is 0 Å². The number of halogens is 4. The molecule has 27 heavy (non-hydrogen) atoms. The maximum absolute atomic E-state index is 13.8. The fourth-order valence-electron chi connectivity index (χ4n) is 2.49. The van der Waals surface area contributed by atoms with Gasteiger partial charge in [0.1, 0.15) is 35.5 Å². The number of anilines is 1. The number of nitrogens with one attached hydrogen (secondary N) is 1. The third-order valence-electron chi connectivity index (χ3n) is 3.73. The first-order valence-corrected chi connectivity index (χ1v) is 8.67. The van der Waals surface area contributed by atoms with Crippen LogP contribution < -0.4 is 11.1 Å². The van der Waals surface area contributed by atoms with E-state index in [4.69, 9.17) is 22.1 Å². The standard InChI is InChI=1S/C16H14BrClFN5O2.ClH/c17-9-1-2-12(21-4-9)15(25)23-10-3-11(14(18)22-5-10)16(7-19)8-26-6-13(20)24-16;/h1-5H,6-8H2,(H2,20,24)(H,23,25);1H. The van der Waals surface area contributed by atoms with E-state index in [9.17, 15) is 9.18 Å². The summed E-state index contributed by atoms with van der Waals surface area (Å²) in [5, 5.41) is 2.72. The van der Waals surface area contributed by atoms with Gasteiger partial charge in [-0.1, -0.05) is 11.6 Å². The van der Waals surface area contributed by atoms with Gasteiger partial charge in [0.15, 0.2) is 0 Å². The van der Waals surface area contributed by atoms with Crippen molar-refractivity contribution in [3.63, 3.8) is 0 Å². The predicted molar refractivity (Wildman–Crippen MR) is 106 cm³/mol. The lowest BCUT2D eigenvalue weighted by Crippen LogP contribution is -2.41. The summed E-state index contributed by atoms with van der Waals surface area (Å²) >= 11 is 9.40. The number of amidine groups is 1. The normalized spacial score (nSPS) is 19.0. The van der Waals surface area contributed by atoms with Gasteiger partial charge in [-0.25, -0.2) is 14.4 Å². The molecule has 2 aromatic rings. The Morgan fingerprint density at radius 1 is 1.41 bits per heavy atom. The highest BCUT2D eigenvalue weighted by molar-refractivity contribution is 9.10. The van der Waals surface area contributed by atoms with E-state index in [0.717, 1.165) is 4.47 Å². The molecule has 0 spiro atoms. The molecule has 0 aliphatic carbocycles. The topological polar surface area (TPSA) is 102 Å². The second-order valence-corrected chi connectivity index (χ2v) is 6.91. The number of aromatic nitrogens is 2. The summed E-state index contributed by atoms with van der Waals surface area (Å²) in [6.07, 6.45) is 2.88. The Morgan fingerprint density at radius 3 is 2.81 bits per heavy atom. The Bertz CT molecular complexity index is 868. The number of aliphatic imine (C=N–C) groups is 1. The van der Waals surface area contributed by atoms with E-state index in [1.807, 2.05) is 0 Å². The molecule has 0 saturated carbocycles. The maximum Gasteiger partial charge on any atom is 0.274 e. The second kappa shape index (κ2) is 8.92. The smallest absolute Gasteiger partial charge is 0.274 e. The van der Waals surface area contributed by atoms with Crippen molar-refractivity contribution in [2.24, 2.45) is 10.7 Å². The van der Waals surface area contributed by atoms with E-state index in [1.54, 1.807) is 12.1 Å². The van der Waals surface area contributed by atoms with Crippen LogP contribution in [0.1, 0.15) is 16.1 Å². The molecule has 0 bridgehead atoms. The first kappa shape index (κ1) is 21.5. The lowest BCUT2D eigenvalue weighted by molar-refractivity contribution is 0.0826. The summed E-state index contributed by atoms with van der Waals surface area (Å²) in [6, 6.07) is 4.77. The molecule has 1 atom stereocenters. The first-order valence-electron chi connectivity index (χ1n) is 7.50. The van der Waals surface area contributed by atoms with Crippen molar-refractivity contribution in [3.8, 4) is 0 Å². The quantitative estimate of drug-likeness (QED) is 0.657. The third-order valence-corrected chi connectivity index (χ3v) is 4.50. The Hall–Kier alpha value is -1.81. The average Bonchev–Trinajstić information content (AvgIpc) is 2.63. The minimum absolute atomic E-state index is 0. The number of nitrogens with two attached hydrogens (primary N) is 1. The predicted octanol–water partition coefficient (Wildman–Crippen LogP) is 3.12. The molecular formula is C16H15BrCl2FN5O2. The monoisotopic (exact) mass is 477 g/mol. The Balaban J connectivity index is 0.00000261. The minimum atomic E-state index is -1.39. The summed E-state index contributed by atoms with van der Waals surface area (Å²) in [5.74, 6) is -0.275. The van der Waals surface area contributed by atoms with Crippen LogP contribution in [0.4, 0.5) is 10.1 Å². The summed E-state index contributed by atoms with van der Waals surface area (Å²) in [7, 11) is 0. The van der Waals surface area contributed by atoms with E-state index < -0.39 is 18.1 Å². The van der Waals surface area contributed by atoms with Gasteiger partial charge in [0.2, 0.25) is 0 Å². The van der Waals surface area contributed by atoms with Crippen LogP contribution in [0.2, 0.25) is 5.15 Å². The molecule has 11 heteroatoms. The van der Waals surface area contributed by atoms with Crippen LogP contribution in [0.3, 0.4) is 0 Å². The Morgan fingerprint density at radius 2 is 2.19 bits per heavy atom. The molecule has 7 nitrogen and oxygen atoms in total. The van der Waals surface area contributed by atoms with Gasteiger partial charge < -0.3 is 15.8 Å². The van der Waals surface area contributed by atoms with E-state index in [0.29, 0.717) is 5.69 Å². The van der Waals surface area contributed by atoms with Crippen LogP contribution in [-0.4, -0.2) is 41.6 Å². The number of amides is 1. The number of nitrogens with zero attached hydrogens (tertiary/aromatic N) is 3. The highest BCUT2D eigenvalue weighted by Crippen LogP contribution is 2.35. The van der Waals surface area contributed by atoms with Crippen molar-refractivity contribution in [2.75, 3.05) is 25.2 Å². The van der Waals surface area contributed by atoms with Crippen molar-refractivity contribution in [3.05, 3.63) is 51.5 Å². The van der Waals surface area contributed by atoms with E-state index in [1.165, 1.54) is 18.5 Å². The molecular weight excluding hydrogens is 464 g/mol. The summed E-state index contributed by atoms with van der Waals surface area (Å²) in [4.78, 5) is 24.5. The number of alkyl halides is 1. The van der Waals surface area contributed by atoms with Crippen molar-refractivity contribution < 1.29 is 13.9 Å². The van der Waals surface area contributed by atoms with E-state index in [2.05, 4.69) is 36.2 Å². The number of ether oxygens (including phenoxy) is 1. The van der Waals surface area contributed by atoms with Crippen LogP contribution >= 0.6 is 39.9 Å². The van der Waals surface area contributed by atoms with Gasteiger partial charge in [0.05, 0.1) is 18.5 Å². The van der Waals surface area contributed by atoms with Crippen molar-refractivity contribution >= 4 is 57.4 Å². The maximum atomic E-state index is 13.8. The molecule has 3 rings (SSSR count). The Labute approximate surface area is 174 Å². The lowest BCUT2D eigenvalue weighted by Gasteiger charge is -2.31. The molecule has 2 aromatic heterocycles. The van der Waals surface area contributed by atoms with Gasteiger partial charge in [0.25, 0.3) is 5.91 Å². The number of rotatable bonds is 4. The largest absolute Gasteiger partial charge is 0.385 e. The fraction of sp³-hybridized carbons (Fsp3) is 0.250. The number of hydrogen-bond acceptors (Lipinski definition) is 6. The van der Waals surface area contributed by atoms with Gasteiger partial charge in [-0.2, -0.15) is 0 Å². The summed E-state index contributed by atoms with van der Waals surface area (Å²) in [5.41, 5.74) is 5.13. The van der Waals surface area contributed by atoms with E-state index >= 15 is 0 Å². The van der Waals surface area contributed by atoms with Crippen molar-refractivity contribution in [1.29, 1.82) is 0 Å². The second-order valence-electron chi connectivity index (χ2n) is 5.64. The van der Waals surface area contributed by atoms with Crippen LogP contribution in [0, 0.1) is 0 Å². The lowest BCUT2D eigenvalue weighted by atomic mass is 9.93. The van der Waals surface area contributed by atoms with Crippen LogP contribution in [0.15, 0.2) is 40.1 Å². The first-order chi connectivity index (χ1) is 12.4. The van der Waals surface area contributed by atoms with Crippen molar-refractivity contribution in [1.82, 2.24) is 9.97 Å². The zero-order valence-corrected chi connectivity index (χ0v) is 16.9. The molecule has 1 aliphatic rings. The molecule has 3 N–H and O–H groups in total. The molecule has 1 amide bonds. The SMILES string of the molecule is Cl.NC1=NC(CF)(c2cc(NC(=O)c3ccc(Br)cn3)cnc2Cl)COC1.